The summed E-state index contributed by atoms with van der Waals surface area (Å²) < 4.78 is 5.81. The number of aryl methyl sites for hydroxylation is 1. The van der Waals surface area contributed by atoms with Crippen molar-refractivity contribution in [3.05, 3.63) is 59.8 Å². The van der Waals surface area contributed by atoms with E-state index >= 15 is 0 Å². The fourth-order valence-electron chi connectivity index (χ4n) is 2.01. The second-order valence-corrected chi connectivity index (χ2v) is 4.47. The van der Waals surface area contributed by atoms with Crippen molar-refractivity contribution in [1.82, 2.24) is 9.97 Å². The fraction of sp³-hybridized carbons (Fsp3) is 0.125. The summed E-state index contributed by atoms with van der Waals surface area (Å²) in [5, 5.41) is 9.32. The molecule has 0 spiro atoms. The van der Waals surface area contributed by atoms with Crippen molar-refractivity contribution in [2.75, 3.05) is 0 Å². The molecule has 0 saturated heterocycles. The van der Waals surface area contributed by atoms with Gasteiger partial charge in [-0.3, -0.25) is 0 Å². The van der Waals surface area contributed by atoms with E-state index in [-0.39, 0.29) is 6.61 Å². The maximum Gasteiger partial charge on any atom is 0.241 e. The molecule has 20 heavy (non-hydrogen) atoms. The van der Waals surface area contributed by atoms with Gasteiger partial charge >= 0.3 is 0 Å². The van der Waals surface area contributed by atoms with Crippen LogP contribution in [0.1, 0.15) is 11.3 Å². The maximum absolute atomic E-state index is 9.32. The minimum Gasteiger partial charge on any atom is -0.437 e. The molecule has 0 amide bonds. The standard InChI is InChI=1S/C16H14N2O2/c1-11-16(18-14-8-4-3-7-13(14)17-11)20-15-9-5-2-6-12(15)10-19/h2-9,19H,10H2,1H3. The summed E-state index contributed by atoms with van der Waals surface area (Å²) >= 11 is 0. The molecule has 2 aromatic carbocycles. The summed E-state index contributed by atoms with van der Waals surface area (Å²) in [6, 6.07) is 15.0. The van der Waals surface area contributed by atoms with E-state index in [0.717, 1.165) is 22.3 Å². The van der Waals surface area contributed by atoms with Gasteiger partial charge in [-0.1, -0.05) is 30.3 Å². The number of hydrogen-bond donors (Lipinski definition) is 1. The number of aliphatic hydroxyl groups is 1. The Hall–Kier alpha value is -2.46. The van der Waals surface area contributed by atoms with E-state index in [1.807, 2.05) is 55.5 Å². The first-order valence-corrected chi connectivity index (χ1v) is 6.38. The first-order valence-electron chi connectivity index (χ1n) is 6.38. The number of aromatic nitrogens is 2. The normalized spacial score (nSPS) is 10.7. The van der Waals surface area contributed by atoms with Gasteiger partial charge in [-0.05, 0) is 25.1 Å². The highest BCUT2D eigenvalue weighted by Gasteiger charge is 2.09. The minimum absolute atomic E-state index is 0.0732. The molecule has 0 atom stereocenters. The van der Waals surface area contributed by atoms with Crippen LogP contribution in [0.2, 0.25) is 0 Å². The molecule has 0 bridgehead atoms. The van der Waals surface area contributed by atoms with Crippen molar-refractivity contribution in [2.24, 2.45) is 0 Å². The highest BCUT2D eigenvalue weighted by Crippen LogP contribution is 2.27. The zero-order chi connectivity index (χ0) is 13.9. The molecule has 1 N–H and O–H groups in total. The van der Waals surface area contributed by atoms with Crippen LogP contribution in [0.5, 0.6) is 11.6 Å². The molecule has 4 heteroatoms. The van der Waals surface area contributed by atoms with Crippen molar-refractivity contribution in [3.63, 3.8) is 0 Å². The van der Waals surface area contributed by atoms with E-state index in [2.05, 4.69) is 9.97 Å². The van der Waals surface area contributed by atoms with Gasteiger partial charge in [0.1, 0.15) is 11.4 Å². The molecule has 3 rings (SSSR count). The molecular weight excluding hydrogens is 252 g/mol. The number of fused-ring (bicyclic) bond motifs is 1. The molecule has 4 nitrogen and oxygen atoms in total. The minimum atomic E-state index is -0.0732. The van der Waals surface area contributed by atoms with Crippen LogP contribution in [-0.4, -0.2) is 15.1 Å². The lowest BCUT2D eigenvalue weighted by molar-refractivity contribution is 0.276. The maximum atomic E-state index is 9.32. The Morgan fingerprint density at radius 1 is 0.950 bits per heavy atom. The Labute approximate surface area is 116 Å². The summed E-state index contributed by atoms with van der Waals surface area (Å²) in [6.07, 6.45) is 0. The van der Waals surface area contributed by atoms with E-state index < -0.39 is 0 Å². The zero-order valence-corrected chi connectivity index (χ0v) is 11.1. The van der Waals surface area contributed by atoms with Gasteiger partial charge in [0.15, 0.2) is 0 Å². The smallest absolute Gasteiger partial charge is 0.241 e. The summed E-state index contributed by atoms with van der Waals surface area (Å²) in [5.41, 5.74) is 3.07. The van der Waals surface area contributed by atoms with Gasteiger partial charge in [-0.2, -0.15) is 0 Å². The molecule has 100 valence electrons. The average molecular weight is 266 g/mol. The number of nitrogens with zero attached hydrogens (tertiary/aromatic N) is 2. The van der Waals surface area contributed by atoms with Crippen molar-refractivity contribution >= 4 is 11.0 Å². The fourth-order valence-corrected chi connectivity index (χ4v) is 2.01. The molecule has 0 fully saturated rings. The Balaban J connectivity index is 2.04. The predicted octanol–water partition coefficient (Wildman–Crippen LogP) is 3.22. The van der Waals surface area contributed by atoms with Crippen molar-refractivity contribution in [2.45, 2.75) is 13.5 Å². The second-order valence-electron chi connectivity index (χ2n) is 4.47. The average Bonchev–Trinajstić information content (AvgIpc) is 2.48. The molecule has 0 aliphatic carbocycles. The summed E-state index contributed by atoms with van der Waals surface area (Å²) in [6.45, 7) is 1.78. The van der Waals surface area contributed by atoms with E-state index in [1.165, 1.54) is 0 Å². The van der Waals surface area contributed by atoms with Crippen LogP contribution < -0.4 is 4.74 Å². The quantitative estimate of drug-likeness (QED) is 0.790. The van der Waals surface area contributed by atoms with Crippen LogP contribution in [0.25, 0.3) is 11.0 Å². The van der Waals surface area contributed by atoms with Gasteiger partial charge in [-0.15, -0.1) is 0 Å². The van der Waals surface area contributed by atoms with Crippen LogP contribution in [0, 0.1) is 6.92 Å². The molecule has 0 unspecified atom stereocenters. The number of ether oxygens (including phenoxy) is 1. The molecule has 0 radical (unpaired) electrons. The number of hydrogen-bond acceptors (Lipinski definition) is 4. The lowest BCUT2D eigenvalue weighted by Crippen LogP contribution is -1.98. The first kappa shape index (κ1) is 12.6. The van der Waals surface area contributed by atoms with Gasteiger partial charge in [-0.25, -0.2) is 9.97 Å². The lowest BCUT2D eigenvalue weighted by atomic mass is 10.2. The topological polar surface area (TPSA) is 55.2 Å². The van der Waals surface area contributed by atoms with Crippen molar-refractivity contribution < 1.29 is 9.84 Å². The van der Waals surface area contributed by atoms with Gasteiger partial charge in [0.2, 0.25) is 5.88 Å². The highest BCUT2D eigenvalue weighted by atomic mass is 16.5. The van der Waals surface area contributed by atoms with E-state index in [0.29, 0.717) is 11.6 Å². The van der Waals surface area contributed by atoms with Crippen LogP contribution in [-0.2, 0) is 6.61 Å². The summed E-state index contributed by atoms with van der Waals surface area (Å²) in [7, 11) is 0. The zero-order valence-electron chi connectivity index (χ0n) is 11.1. The molecule has 0 aliphatic rings. The third-order valence-corrected chi connectivity index (χ3v) is 3.05. The number of aliphatic hydroxyl groups excluding tert-OH is 1. The van der Waals surface area contributed by atoms with Crippen LogP contribution in [0.3, 0.4) is 0 Å². The Kier molecular flexibility index (Phi) is 3.31. The SMILES string of the molecule is Cc1nc2ccccc2nc1Oc1ccccc1CO. The van der Waals surface area contributed by atoms with E-state index in [1.54, 1.807) is 0 Å². The Bertz CT molecular complexity index is 756. The Morgan fingerprint density at radius 3 is 2.35 bits per heavy atom. The predicted molar refractivity (Wildman–Crippen MR) is 76.7 cm³/mol. The number of rotatable bonds is 3. The van der Waals surface area contributed by atoms with Crippen molar-refractivity contribution in [3.8, 4) is 11.6 Å². The summed E-state index contributed by atoms with van der Waals surface area (Å²) in [5.74, 6) is 1.06. The first-order chi connectivity index (χ1) is 9.78. The summed E-state index contributed by atoms with van der Waals surface area (Å²) in [4.78, 5) is 8.96. The third-order valence-electron chi connectivity index (χ3n) is 3.05. The molecule has 3 aromatic rings. The third kappa shape index (κ3) is 2.33. The van der Waals surface area contributed by atoms with Crippen molar-refractivity contribution in [1.29, 1.82) is 0 Å². The van der Waals surface area contributed by atoms with Gasteiger partial charge < -0.3 is 9.84 Å². The van der Waals surface area contributed by atoms with Crippen LogP contribution in [0.4, 0.5) is 0 Å². The molecular formula is C16H14N2O2. The monoisotopic (exact) mass is 266 g/mol. The van der Waals surface area contributed by atoms with E-state index in [4.69, 9.17) is 4.74 Å². The molecule has 1 aromatic heterocycles. The molecule has 0 aliphatic heterocycles. The van der Waals surface area contributed by atoms with Crippen LogP contribution >= 0.6 is 0 Å². The lowest BCUT2D eigenvalue weighted by Gasteiger charge is -2.11. The Morgan fingerprint density at radius 2 is 1.60 bits per heavy atom. The molecule has 0 saturated carbocycles. The highest BCUT2D eigenvalue weighted by molar-refractivity contribution is 5.74. The number of benzene rings is 2. The number of para-hydroxylation sites is 3. The van der Waals surface area contributed by atoms with Gasteiger partial charge in [0.05, 0.1) is 17.6 Å². The van der Waals surface area contributed by atoms with Crippen LogP contribution in [0.15, 0.2) is 48.5 Å². The second kappa shape index (κ2) is 5.27. The molecule has 1 heterocycles. The van der Waals surface area contributed by atoms with Gasteiger partial charge in [0.25, 0.3) is 0 Å². The largest absolute Gasteiger partial charge is 0.437 e. The van der Waals surface area contributed by atoms with E-state index in [9.17, 15) is 5.11 Å². The van der Waals surface area contributed by atoms with Gasteiger partial charge in [0, 0.05) is 5.56 Å².